The summed E-state index contributed by atoms with van der Waals surface area (Å²) in [5.74, 6) is 0.229. The van der Waals surface area contributed by atoms with Crippen molar-refractivity contribution in [3.05, 3.63) is 18.5 Å². The van der Waals surface area contributed by atoms with Crippen molar-refractivity contribution in [1.29, 1.82) is 0 Å². The highest BCUT2D eigenvalue weighted by molar-refractivity contribution is 7.99. The lowest BCUT2D eigenvalue weighted by atomic mass is 10.4. The minimum Gasteiger partial charge on any atom is -0.504 e. The third-order valence-corrected chi connectivity index (χ3v) is 1.90. The monoisotopic (exact) mass is 198 g/mol. The molecule has 0 spiro atoms. The van der Waals surface area contributed by atoms with Crippen LogP contribution in [0.3, 0.4) is 0 Å². The molecule has 0 aliphatic heterocycles. The minimum atomic E-state index is -0.131. The van der Waals surface area contributed by atoms with Crippen LogP contribution >= 0.6 is 11.8 Å². The molecule has 0 radical (unpaired) electrons. The second-order valence-electron chi connectivity index (χ2n) is 2.37. The lowest BCUT2D eigenvalue weighted by molar-refractivity contribution is -0.113. The number of nitrogens with one attached hydrogen (secondary N) is 1. The SMILES string of the molecule is CSCC(=O)Nc1ccncc1O. The maximum Gasteiger partial charge on any atom is 0.234 e. The first-order chi connectivity index (χ1) is 6.24. The molecule has 1 heterocycles. The smallest absolute Gasteiger partial charge is 0.234 e. The third kappa shape index (κ3) is 2.95. The van der Waals surface area contributed by atoms with E-state index in [2.05, 4.69) is 10.3 Å². The van der Waals surface area contributed by atoms with Crippen LogP contribution < -0.4 is 5.32 Å². The molecule has 0 aliphatic rings. The Labute approximate surface area is 80.4 Å². The van der Waals surface area contributed by atoms with E-state index < -0.39 is 0 Å². The van der Waals surface area contributed by atoms with Gasteiger partial charge in [0, 0.05) is 6.20 Å². The molecule has 5 heteroatoms. The predicted molar refractivity (Wildman–Crippen MR) is 52.9 cm³/mol. The molecular weight excluding hydrogens is 188 g/mol. The van der Waals surface area contributed by atoms with E-state index >= 15 is 0 Å². The van der Waals surface area contributed by atoms with Crippen molar-refractivity contribution in [3.63, 3.8) is 0 Å². The molecule has 0 saturated carbocycles. The summed E-state index contributed by atoms with van der Waals surface area (Å²) in [5.41, 5.74) is 0.397. The molecule has 0 aliphatic carbocycles. The van der Waals surface area contributed by atoms with Crippen molar-refractivity contribution in [2.75, 3.05) is 17.3 Å². The zero-order valence-electron chi connectivity index (χ0n) is 7.15. The quantitative estimate of drug-likeness (QED) is 0.763. The lowest BCUT2D eigenvalue weighted by Gasteiger charge is -2.04. The summed E-state index contributed by atoms with van der Waals surface area (Å²) >= 11 is 1.43. The van der Waals surface area contributed by atoms with Crippen LogP contribution in [0.2, 0.25) is 0 Å². The van der Waals surface area contributed by atoms with Crippen LogP contribution in [0.5, 0.6) is 5.75 Å². The number of amides is 1. The summed E-state index contributed by atoms with van der Waals surface area (Å²) in [6.07, 6.45) is 4.63. The van der Waals surface area contributed by atoms with Gasteiger partial charge in [0.05, 0.1) is 17.6 Å². The van der Waals surface area contributed by atoms with Crippen LogP contribution in [0, 0.1) is 0 Å². The number of hydrogen-bond acceptors (Lipinski definition) is 4. The van der Waals surface area contributed by atoms with Crippen molar-refractivity contribution in [2.24, 2.45) is 0 Å². The topological polar surface area (TPSA) is 62.2 Å². The van der Waals surface area contributed by atoms with Gasteiger partial charge in [-0.3, -0.25) is 9.78 Å². The second kappa shape index (κ2) is 4.71. The molecule has 1 rings (SSSR count). The molecular formula is C8H10N2O2S. The Kier molecular flexibility index (Phi) is 3.57. The molecule has 1 aromatic heterocycles. The summed E-state index contributed by atoms with van der Waals surface area (Å²) in [6.45, 7) is 0. The number of nitrogens with zero attached hydrogens (tertiary/aromatic N) is 1. The summed E-state index contributed by atoms with van der Waals surface area (Å²) in [7, 11) is 0. The van der Waals surface area contributed by atoms with E-state index in [0.29, 0.717) is 11.4 Å². The standard InChI is InChI=1S/C8H10N2O2S/c1-13-5-8(12)10-6-2-3-9-4-7(6)11/h2-4,11H,5H2,1H3,(H,9,10,12). The van der Waals surface area contributed by atoms with Gasteiger partial charge in [-0.2, -0.15) is 11.8 Å². The van der Waals surface area contributed by atoms with Crippen LogP contribution in [0.4, 0.5) is 5.69 Å². The maximum atomic E-state index is 11.1. The van der Waals surface area contributed by atoms with Crippen LogP contribution in [0.15, 0.2) is 18.5 Å². The van der Waals surface area contributed by atoms with Gasteiger partial charge in [-0.25, -0.2) is 0 Å². The van der Waals surface area contributed by atoms with Gasteiger partial charge in [0.15, 0.2) is 5.75 Å². The Morgan fingerprint density at radius 1 is 1.77 bits per heavy atom. The van der Waals surface area contributed by atoms with E-state index in [1.165, 1.54) is 24.2 Å². The largest absolute Gasteiger partial charge is 0.504 e. The fraction of sp³-hybridized carbons (Fsp3) is 0.250. The Balaban J connectivity index is 2.63. The number of rotatable bonds is 3. The van der Waals surface area contributed by atoms with Gasteiger partial charge in [0.1, 0.15) is 0 Å². The Morgan fingerprint density at radius 2 is 2.54 bits per heavy atom. The molecule has 0 bridgehead atoms. The van der Waals surface area contributed by atoms with Crippen LogP contribution in [-0.2, 0) is 4.79 Å². The number of pyridine rings is 1. The van der Waals surface area contributed by atoms with E-state index in [9.17, 15) is 9.90 Å². The summed E-state index contributed by atoms with van der Waals surface area (Å²) in [5, 5.41) is 11.8. The van der Waals surface area contributed by atoms with Gasteiger partial charge in [0.2, 0.25) is 5.91 Å². The second-order valence-corrected chi connectivity index (χ2v) is 3.24. The Hall–Kier alpha value is -1.23. The number of thioether (sulfide) groups is 1. The zero-order chi connectivity index (χ0) is 9.68. The minimum absolute atomic E-state index is 0.0167. The third-order valence-electron chi connectivity index (χ3n) is 1.35. The lowest BCUT2D eigenvalue weighted by Crippen LogP contribution is -2.13. The fourth-order valence-electron chi connectivity index (χ4n) is 0.809. The van der Waals surface area contributed by atoms with Crippen molar-refractivity contribution >= 4 is 23.4 Å². The molecule has 0 fully saturated rings. The van der Waals surface area contributed by atoms with Crippen molar-refractivity contribution in [1.82, 2.24) is 4.98 Å². The first-order valence-electron chi connectivity index (χ1n) is 3.66. The van der Waals surface area contributed by atoms with Crippen molar-refractivity contribution < 1.29 is 9.90 Å². The Bertz CT molecular complexity index is 304. The molecule has 1 amide bonds. The first-order valence-corrected chi connectivity index (χ1v) is 5.05. The fourth-order valence-corrected chi connectivity index (χ4v) is 1.14. The summed E-state index contributed by atoms with van der Waals surface area (Å²) in [6, 6.07) is 1.55. The van der Waals surface area contributed by atoms with Crippen LogP contribution in [0.25, 0.3) is 0 Å². The normalized spacial score (nSPS) is 9.62. The van der Waals surface area contributed by atoms with Gasteiger partial charge in [-0.1, -0.05) is 0 Å². The number of aromatic hydroxyl groups is 1. The number of aromatic nitrogens is 1. The van der Waals surface area contributed by atoms with Crippen molar-refractivity contribution in [2.45, 2.75) is 0 Å². The number of hydrogen-bond donors (Lipinski definition) is 2. The molecule has 70 valence electrons. The highest BCUT2D eigenvalue weighted by Gasteiger charge is 2.04. The van der Waals surface area contributed by atoms with E-state index in [1.54, 1.807) is 6.07 Å². The molecule has 0 unspecified atom stereocenters. The average Bonchev–Trinajstić information content (AvgIpc) is 2.09. The van der Waals surface area contributed by atoms with E-state index in [-0.39, 0.29) is 11.7 Å². The predicted octanol–water partition coefficient (Wildman–Crippen LogP) is 1.09. The van der Waals surface area contributed by atoms with Gasteiger partial charge < -0.3 is 10.4 Å². The van der Waals surface area contributed by atoms with Gasteiger partial charge in [0.25, 0.3) is 0 Å². The van der Waals surface area contributed by atoms with Crippen LogP contribution in [0.1, 0.15) is 0 Å². The van der Waals surface area contributed by atoms with E-state index in [0.717, 1.165) is 0 Å². The average molecular weight is 198 g/mol. The number of anilines is 1. The molecule has 0 saturated heterocycles. The van der Waals surface area contributed by atoms with Gasteiger partial charge in [-0.05, 0) is 12.3 Å². The van der Waals surface area contributed by atoms with Gasteiger partial charge in [-0.15, -0.1) is 0 Å². The number of carbonyl (C=O) groups excluding carboxylic acids is 1. The maximum absolute atomic E-state index is 11.1. The van der Waals surface area contributed by atoms with Crippen LogP contribution in [-0.4, -0.2) is 28.0 Å². The molecule has 4 nitrogen and oxygen atoms in total. The molecule has 1 aromatic rings. The molecule has 2 N–H and O–H groups in total. The number of carbonyl (C=O) groups is 1. The molecule has 0 atom stereocenters. The molecule has 0 aromatic carbocycles. The summed E-state index contributed by atoms with van der Waals surface area (Å²) in [4.78, 5) is 14.8. The first kappa shape index (κ1) is 9.85. The molecule has 13 heavy (non-hydrogen) atoms. The zero-order valence-corrected chi connectivity index (χ0v) is 7.97. The van der Waals surface area contributed by atoms with E-state index in [4.69, 9.17) is 0 Å². The van der Waals surface area contributed by atoms with Crippen molar-refractivity contribution in [3.8, 4) is 5.75 Å². The highest BCUT2D eigenvalue weighted by atomic mass is 32.2. The Morgan fingerprint density at radius 3 is 3.15 bits per heavy atom. The van der Waals surface area contributed by atoms with E-state index in [1.807, 2.05) is 6.26 Å². The summed E-state index contributed by atoms with van der Waals surface area (Å²) < 4.78 is 0. The highest BCUT2D eigenvalue weighted by Crippen LogP contribution is 2.19. The van der Waals surface area contributed by atoms with Gasteiger partial charge >= 0.3 is 0 Å².